The first-order valence-corrected chi connectivity index (χ1v) is 8.50. The van der Waals surface area contributed by atoms with Gasteiger partial charge in [0.2, 0.25) is 0 Å². The van der Waals surface area contributed by atoms with E-state index in [0.717, 1.165) is 36.8 Å². The van der Waals surface area contributed by atoms with Crippen LogP contribution in [0.25, 0.3) is 11.1 Å². The molecule has 0 radical (unpaired) electrons. The summed E-state index contributed by atoms with van der Waals surface area (Å²) < 4.78 is 10.3. The van der Waals surface area contributed by atoms with Gasteiger partial charge in [-0.15, -0.1) is 0 Å². The standard InChI is InChI=1S/C21H24O4/c1-2-24-15-5-3-4-6-16-25-21(23)19-9-7-17(8-10-19)18-11-13-20(22)14-12-18/h2,7-14,22H,1,3-6,15-16H2. The van der Waals surface area contributed by atoms with Gasteiger partial charge in [-0.25, -0.2) is 4.79 Å². The Hall–Kier alpha value is -2.75. The fraction of sp³-hybridized carbons (Fsp3) is 0.286. The zero-order valence-corrected chi connectivity index (χ0v) is 14.3. The number of carbonyl (C=O) groups is 1. The molecule has 0 heterocycles. The lowest BCUT2D eigenvalue weighted by Crippen LogP contribution is -2.06. The van der Waals surface area contributed by atoms with Crippen molar-refractivity contribution < 1.29 is 19.4 Å². The van der Waals surface area contributed by atoms with E-state index in [4.69, 9.17) is 9.47 Å². The van der Waals surface area contributed by atoms with Crippen LogP contribution in [0, 0.1) is 0 Å². The predicted octanol–water partition coefficient (Wildman–Crippen LogP) is 4.94. The minimum atomic E-state index is -0.299. The molecule has 0 aliphatic rings. The van der Waals surface area contributed by atoms with Crippen LogP contribution in [0.4, 0.5) is 0 Å². The van der Waals surface area contributed by atoms with Crippen LogP contribution in [0.5, 0.6) is 5.75 Å². The molecule has 0 saturated heterocycles. The van der Waals surface area contributed by atoms with E-state index in [0.29, 0.717) is 18.8 Å². The van der Waals surface area contributed by atoms with E-state index in [1.54, 1.807) is 24.3 Å². The highest BCUT2D eigenvalue weighted by Crippen LogP contribution is 2.22. The number of aromatic hydroxyl groups is 1. The third-order valence-electron chi connectivity index (χ3n) is 3.83. The van der Waals surface area contributed by atoms with Gasteiger partial charge in [0.05, 0.1) is 25.0 Å². The molecule has 0 bridgehead atoms. The number of phenols is 1. The SMILES string of the molecule is C=COCCCCCCOC(=O)c1ccc(-c2ccc(O)cc2)cc1. The van der Waals surface area contributed by atoms with Crippen LogP contribution in [0.3, 0.4) is 0 Å². The molecule has 0 amide bonds. The summed E-state index contributed by atoms with van der Waals surface area (Å²) in [5.41, 5.74) is 2.51. The highest BCUT2D eigenvalue weighted by Gasteiger charge is 2.07. The number of hydrogen-bond donors (Lipinski definition) is 1. The Balaban J connectivity index is 1.73. The maximum absolute atomic E-state index is 12.0. The zero-order valence-electron chi connectivity index (χ0n) is 14.3. The van der Waals surface area contributed by atoms with Crippen molar-refractivity contribution in [2.75, 3.05) is 13.2 Å². The quantitative estimate of drug-likeness (QED) is 0.378. The van der Waals surface area contributed by atoms with Crippen molar-refractivity contribution in [1.82, 2.24) is 0 Å². The molecule has 0 aliphatic heterocycles. The van der Waals surface area contributed by atoms with E-state index >= 15 is 0 Å². The van der Waals surface area contributed by atoms with Crippen molar-refractivity contribution in [2.24, 2.45) is 0 Å². The molecule has 0 saturated carbocycles. The number of esters is 1. The van der Waals surface area contributed by atoms with E-state index in [1.165, 1.54) is 6.26 Å². The molecule has 0 aliphatic carbocycles. The van der Waals surface area contributed by atoms with Gasteiger partial charge in [-0.2, -0.15) is 0 Å². The van der Waals surface area contributed by atoms with E-state index < -0.39 is 0 Å². The Bertz CT molecular complexity index is 659. The van der Waals surface area contributed by atoms with Crippen LogP contribution in [0.2, 0.25) is 0 Å². The second-order valence-electron chi connectivity index (χ2n) is 5.71. The van der Waals surface area contributed by atoms with E-state index in [9.17, 15) is 9.90 Å². The average molecular weight is 340 g/mol. The number of carbonyl (C=O) groups excluding carboxylic acids is 1. The van der Waals surface area contributed by atoms with Crippen LogP contribution in [-0.4, -0.2) is 24.3 Å². The summed E-state index contributed by atoms with van der Waals surface area (Å²) in [5, 5.41) is 9.32. The Morgan fingerprint density at radius 2 is 1.44 bits per heavy atom. The molecule has 0 atom stereocenters. The van der Waals surface area contributed by atoms with Crippen molar-refractivity contribution in [1.29, 1.82) is 0 Å². The predicted molar refractivity (Wildman–Crippen MR) is 98.4 cm³/mol. The van der Waals surface area contributed by atoms with Gasteiger partial charge in [-0.05, 0) is 61.1 Å². The number of benzene rings is 2. The van der Waals surface area contributed by atoms with Crippen LogP contribution >= 0.6 is 0 Å². The van der Waals surface area contributed by atoms with Crippen molar-refractivity contribution in [3.8, 4) is 16.9 Å². The fourth-order valence-corrected chi connectivity index (χ4v) is 2.43. The summed E-state index contributed by atoms with van der Waals surface area (Å²) in [6, 6.07) is 14.2. The first-order chi connectivity index (χ1) is 12.2. The lowest BCUT2D eigenvalue weighted by molar-refractivity contribution is 0.0497. The Kier molecular flexibility index (Phi) is 7.57. The van der Waals surface area contributed by atoms with Gasteiger partial charge >= 0.3 is 5.97 Å². The van der Waals surface area contributed by atoms with Gasteiger partial charge in [-0.3, -0.25) is 0 Å². The molecule has 25 heavy (non-hydrogen) atoms. The highest BCUT2D eigenvalue weighted by atomic mass is 16.5. The summed E-state index contributed by atoms with van der Waals surface area (Å²) in [7, 11) is 0. The number of phenolic OH excluding ortho intramolecular Hbond substituents is 1. The van der Waals surface area contributed by atoms with Crippen molar-refractivity contribution >= 4 is 5.97 Å². The number of ether oxygens (including phenoxy) is 2. The summed E-state index contributed by atoms with van der Waals surface area (Å²) in [6.45, 7) is 4.61. The van der Waals surface area contributed by atoms with Crippen molar-refractivity contribution in [2.45, 2.75) is 25.7 Å². The molecule has 4 nitrogen and oxygen atoms in total. The molecule has 132 valence electrons. The number of hydrogen-bond acceptors (Lipinski definition) is 4. The molecule has 0 fully saturated rings. The van der Waals surface area contributed by atoms with Gasteiger partial charge in [0.1, 0.15) is 5.75 Å². The van der Waals surface area contributed by atoms with Crippen LogP contribution < -0.4 is 0 Å². The van der Waals surface area contributed by atoms with Gasteiger partial charge < -0.3 is 14.6 Å². The monoisotopic (exact) mass is 340 g/mol. The summed E-state index contributed by atoms with van der Waals surface area (Å²) in [5.74, 6) is -0.0653. The van der Waals surface area contributed by atoms with Crippen LogP contribution in [0.1, 0.15) is 36.0 Å². The summed E-state index contributed by atoms with van der Waals surface area (Å²) >= 11 is 0. The van der Waals surface area contributed by atoms with Crippen molar-refractivity contribution in [3.63, 3.8) is 0 Å². The molecular weight excluding hydrogens is 316 g/mol. The molecule has 0 unspecified atom stereocenters. The fourth-order valence-electron chi connectivity index (χ4n) is 2.43. The Morgan fingerprint density at radius 1 is 0.880 bits per heavy atom. The van der Waals surface area contributed by atoms with Gasteiger partial charge in [-0.1, -0.05) is 30.8 Å². The average Bonchev–Trinajstić information content (AvgIpc) is 2.64. The smallest absolute Gasteiger partial charge is 0.338 e. The maximum atomic E-state index is 12.0. The van der Waals surface area contributed by atoms with E-state index in [2.05, 4.69) is 6.58 Å². The third-order valence-corrected chi connectivity index (χ3v) is 3.83. The zero-order chi connectivity index (χ0) is 17.9. The molecule has 0 aromatic heterocycles. The molecular formula is C21H24O4. The van der Waals surface area contributed by atoms with Crippen LogP contribution in [-0.2, 0) is 9.47 Å². The normalized spacial score (nSPS) is 10.2. The Labute approximate surface area is 148 Å². The maximum Gasteiger partial charge on any atom is 0.338 e. The lowest BCUT2D eigenvalue weighted by atomic mass is 10.0. The summed E-state index contributed by atoms with van der Waals surface area (Å²) in [6.07, 6.45) is 5.35. The minimum absolute atomic E-state index is 0.233. The number of rotatable bonds is 10. The molecule has 2 aromatic carbocycles. The van der Waals surface area contributed by atoms with Crippen LogP contribution in [0.15, 0.2) is 61.4 Å². The second kappa shape index (κ2) is 10.2. The lowest BCUT2D eigenvalue weighted by Gasteiger charge is -2.06. The molecule has 1 N–H and O–H groups in total. The largest absolute Gasteiger partial charge is 0.508 e. The van der Waals surface area contributed by atoms with Gasteiger partial charge in [0.25, 0.3) is 0 Å². The van der Waals surface area contributed by atoms with Crippen molar-refractivity contribution in [3.05, 3.63) is 66.9 Å². The molecule has 2 rings (SSSR count). The molecule has 2 aromatic rings. The molecule has 0 spiro atoms. The highest BCUT2D eigenvalue weighted by molar-refractivity contribution is 5.90. The summed E-state index contributed by atoms with van der Waals surface area (Å²) in [4.78, 5) is 12.0. The third kappa shape index (κ3) is 6.34. The topological polar surface area (TPSA) is 55.8 Å². The van der Waals surface area contributed by atoms with E-state index in [-0.39, 0.29) is 11.7 Å². The van der Waals surface area contributed by atoms with Gasteiger partial charge in [0.15, 0.2) is 0 Å². The first-order valence-electron chi connectivity index (χ1n) is 8.50. The van der Waals surface area contributed by atoms with E-state index in [1.807, 2.05) is 24.3 Å². The molecule has 4 heteroatoms. The Morgan fingerprint density at radius 3 is 2.04 bits per heavy atom. The number of unbranched alkanes of at least 4 members (excludes halogenated alkanes) is 3. The first kappa shape index (κ1) is 18.6. The van der Waals surface area contributed by atoms with Gasteiger partial charge in [0, 0.05) is 0 Å². The second-order valence-corrected chi connectivity index (χ2v) is 5.71. The minimum Gasteiger partial charge on any atom is -0.508 e.